The maximum absolute atomic E-state index is 5.77. The smallest absolute Gasteiger partial charge is 0.0768 e. The quantitative estimate of drug-likeness (QED) is 0.620. The molecule has 0 aromatic carbocycles. The molecule has 0 amide bonds. The Labute approximate surface area is 92.9 Å². The molecule has 0 bridgehead atoms. The minimum absolute atomic E-state index is 0.259. The summed E-state index contributed by atoms with van der Waals surface area (Å²) in [6, 6.07) is 0.423. The van der Waals surface area contributed by atoms with Gasteiger partial charge in [0.25, 0.3) is 0 Å². The zero-order valence-corrected chi connectivity index (χ0v) is 9.40. The van der Waals surface area contributed by atoms with Crippen LogP contribution in [0.3, 0.4) is 0 Å². The molecule has 1 rings (SSSR count). The molecule has 0 aromatic heterocycles. The summed E-state index contributed by atoms with van der Waals surface area (Å²) in [5, 5.41) is 0. The number of hydrogen-bond acceptors (Lipinski definition) is 2. The largest absolute Gasteiger partial charge is 0.375 e. The van der Waals surface area contributed by atoms with E-state index in [2.05, 4.69) is 24.6 Å². The van der Waals surface area contributed by atoms with Gasteiger partial charge in [-0.15, -0.1) is 19.7 Å². The lowest BCUT2D eigenvalue weighted by molar-refractivity contribution is -0.0637. The van der Waals surface area contributed by atoms with Gasteiger partial charge in [-0.2, -0.15) is 0 Å². The molecule has 0 radical (unpaired) electrons. The van der Waals surface area contributed by atoms with Crippen LogP contribution in [0.2, 0.25) is 0 Å². The lowest BCUT2D eigenvalue weighted by atomic mass is 10.0. The summed E-state index contributed by atoms with van der Waals surface area (Å²) >= 11 is 0. The molecule has 2 nitrogen and oxygen atoms in total. The van der Waals surface area contributed by atoms with Gasteiger partial charge in [0.05, 0.1) is 12.7 Å². The first-order valence-electron chi connectivity index (χ1n) is 5.51. The van der Waals surface area contributed by atoms with Crippen LogP contribution in [0.5, 0.6) is 0 Å². The van der Waals surface area contributed by atoms with Crippen molar-refractivity contribution in [1.82, 2.24) is 4.90 Å². The highest BCUT2D eigenvalue weighted by Gasteiger charge is 2.29. The minimum Gasteiger partial charge on any atom is -0.375 e. The molecule has 84 valence electrons. The van der Waals surface area contributed by atoms with Gasteiger partial charge >= 0.3 is 0 Å². The highest BCUT2D eigenvalue weighted by molar-refractivity contribution is 4.93. The van der Waals surface area contributed by atoms with E-state index in [4.69, 9.17) is 4.74 Å². The van der Waals surface area contributed by atoms with Gasteiger partial charge in [0.15, 0.2) is 0 Å². The van der Waals surface area contributed by atoms with Crippen molar-refractivity contribution < 1.29 is 4.74 Å². The highest BCUT2D eigenvalue weighted by Crippen LogP contribution is 2.20. The Morgan fingerprint density at radius 3 is 2.47 bits per heavy atom. The number of hydrogen-bond donors (Lipinski definition) is 0. The molecule has 2 atom stereocenters. The van der Waals surface area contributed by atoms with E-state index in [0.29, 0.717) is 6.04 Å². The molecule has 0 aromatic rings. The van der Waals surface area contributed by atoms with Gasteiger partial charge in [-0.3, -0.25) is 4.90 Å². The summed E-state index contributed by atoms with van der Waals surface area (Å²) in [4.78, 5) is 2.41. The molecule has 0 spiro atoms. The Bertz CT molecular complexity index is 207. The van der Waals surface area contributed by atoms with E-state index in [-0.39, 0.29) is 6.10 Å². The second kappa shape index (κ2) is 6.59. The Kier molecular flexibility index (Phi) is 5.37. The van der Waals surface area contributed by atoms with Crippen molar-refractivity contribution in [2.75, 3.05) is 19.7 Å². The fraction of sp³-hybridized carbons (Fsp3) is 0.538. The predicted molar refractivity (Wildman–Crippen MR) is 64.9 cm³/mol. The van der Waals surface area contributed by atoms with Crippen molar-refractivity contribution in [3.8, 4) is 0 Å². The van der Waals surface area contributed by atoms with E-state index in [1.807, 2.05) is 18.2 Å². The molecule has 1 fully saturated rings. The fourth-order valence-corrected chi connectivity index (χ4v) is 2.09. The second-order valence-electron chi connectivity index (χ2n) is 3.81. The molecule has 1 saturated heterocycles. The normalized spacial score (nSPS) is 27.2. The first kappa shape index (κ1) is 12.2. The zero-order valence-electron chi connectivity index (χ0n) is 9.40. The lowest BCUT2D eigenvalue weighted by Crippen LogP contribution is -2.50. The summed E-state index contributed by atoms with van der Waals surface area (Å²) in [6.45, 7) is 14.1. The molecule has 0 aliphatic carbocycles. The van der Waals surface area contributed by atoms with Crippen LogP contribution in [0.15, 0.2) is 38.0 Å². The SMILES string of the molecule is C=CCC1OCCN(CC=C)C1CC=C. The summed E-state index contributed by atoms with van der Waals surface area (Å²) in [6.07, 6.45) is 7.98. The molecule has 1 aliphatic rings. The van der Waals surface area contributed by atoms with Crippen LogP contribution in [0, 0.1) is 0 Å². The maximum Gasteiger partial charge on any atom is 0.0768 e. The average molecular weight is 207 g/mol. The van der Waals surface area contributed by atoms with Crippen LogP contribution in [0.4, 0.5) is 0 Å². The molecule has 15 heavy (non-hydrogen) atoms. The van der Waals surface area contributed by atoms with Crippen LogP contribution < -0.4 is 0 Å². The lowest BCUT2D eigenvalue weighted by Gasteiger charge is -2.40. The molecule has 0 saturated carbocycles. The number of nitrogens with zero attached hydrogens (tertiary/aromatic N) is 1. The minimum atomic E-state index is 0.259. The molecular weight excluding hydrogens is 186 g/mol. The second-order valence-corrected chi connectivity index (χ2v) is 3.81. The molecule has 1 heterocycles. The van der Waals surface area contributed by atoms with Gasteiger partial charge in [-0.25, -0.2) is 0 Å². The summed E-state index contributed by atoms with van der Waals surface area (Å²) < 4.78 is 5.77. The van der Waals surface area contributed by atoms with Gasteiger partial charge in [-0.05, 0) is 12.8 Å². The molecule has 2 heteroatoms. The summed E-state index contributed by atoms with van der Waals surface area (Å²) in [5.41, 5.74) is 0. The Morgan fingerprint density at radius 1 is 1.13 bits per heavy atom. The summed E-state index contributed by atoms with van der Waals surface area (Å²) in [7, 11) is 0. The monoisotopic (exact) mass is 207 g/mol. The van der Waals surface area contributed by atoms with Crippen molar-refractivity contribution in [1.29, 1.82) is 0 Å². The van der Waals surface area contributed by atoms with Gasteiger partial charge in [0.1, 0.15) is 0 Å². The third-order valence-corrected chi connectivity index (χ3v) is 2.78. The summed E-state index contributed by atoms with van der Waals surface area (Å²) in [5.74, 6) is 0. The van der Waals surface area contributed by atoms with Crippen LogP contribution >= 0.6 is 0 Å². The van der Waals surface area contributed by atoms with Gasteiger partial charge in [0.2, 0.25) is 0 Å². The van der Waals surface area contributed by atoms with Crippen molar-refractivity contribution in [2.24, 2.45) is 0 Å². The first-order chi connectivity index (χ1) is 7.33. The van der Waals surface area contributed by atoms with E-state index < -0.39 is 0 Å². The number of ether oxygens (including phenoxy) is 1. The number of rotatable bonds is 6. The van der Waals surface area contributed by atoms with Crippen LogP contribution in [-0.2, 0) is 4.74 Å². The van der Waals surface area contributed by atoms with Gasteiger partial charge in [0, 0.05) is 19.1 Å². The fourth-order valence-electron chi connectivity index (χ4n) is 2.09. The van der Waals surface area contributed by atoms with Crippen molar-refractivity contribution in [3.05, 3.63) is 38.0 Å². The average Bonchev–Trinajstić information content (AvgIpc) is 2.23. The van der Waals surface area contributed by atoms with Crippen molar-refractivity contribution in [2.45, 2.75) is 25.0 Å². The third kappa shape index (κ3) is 3.33. The third-order valence-electron chi connectivity index (χ3n) is 2.78. The Hall–Kier alpha value is -0.860. The van der Waals surface area contributed by atoms with E-state index in [9.17, 15) is 0 Å². The van der Waals surface area contributed by atoms with Crippen LogP contribution in [-0.4, -0.2) is 36.7 Å². The van der Waals surface area contributed by atoms with E-state index in [1.165, 1.54) is 0 Å². The standard InChI is InChI=1S/C13H21NO/c1-4-7-12-13(8-5-2)15-11-10-14(12)9-6-3/h4-6,12-13H,1-3,7-11H2. The predicted octanol–water partition coefficient (Wildman–Crippen LogP) is 2.39. The zero-order chi connectivity index (χ0) is 11.1. The van der Waals surface area contributed by atoms with E-state index in [1.54, 1.807) is 0 Å². The van der Waals surface area contributed by atoms with E-state index in [0.717, 1.165) is 32.5 Å². The molecule has 1 aliphatic heterocycles. The highest BCUT2D eigenvalue weighted by atomic mass is 16.5. The molecule has 2 unspecified atom stereocenters. The maximum atomic E-state index is 5.77. The Morgan fingerprint density at radius 2 is 1.87 bits per heavy atom. The molecule has 0 N–H and O–H groups in total. The van der Waals surface area contributed by atoms with Gasteiger partial charge < -0.3 is 4.74 Å². The Balaban J connectivity index is 2.64. The number of morpholine rings is 1. The topological polar surface area (TPSA) is 12.5 Å². The van der Waals surface area contributed by atoms with Crippen molar-refractivity contribution >= 4 is 0 Å². The molecular formula is C13H21NO. The van der Waals surface area contributed by atoms with Crippen molar-refractivity contribution in [3.63, 3.8) is 0 Å². The first-order valence-corrected chi connectivity index (χ1v) is 5.51. The van der Waals surface area contributed by atoms with E-state index >= 15 is 0 Å². The van der Waals surface area contributed by atoms with Gasteiger partial charge in [-0.1, -0.05) is 18.2 Å². The van der Waals surface area contributed by atoms with Crippen LogP contribution in [0.1, 0.15) is 12.8 Å². The van der Waals surface area contributed by atoms with Crippen LogP contribution in [0.25, 0.3) is 0 Å².